The van der Waals surface area contributed by atoms with Gasteiger partial charge in [-0.1, -0.05) is 26.0 Å². The molecule has 0 aliphatic carbocycles. The van der Waals surface area contributed by atoms with E-state index in [-0.39, 0.29) is 5.82 Å². The zero-order valence-electron chi connectivity index (χ0n) is 12.1. The molecule has 1 aliphatic heterocycles. The maximum Gasteiger partial charge on any atom is 0.262 e. The molecule has 0 bridgehead atoms. The molecule has 2 rings (SSSR count). The van der Waals surface area contributed by atoms with Crippen molar-refractivity contribution in [3.8, 4) is 0 Å². The summed E-state index contributed by atoms with van der Waals surface area (Å²) in [6.07, 6.45) is -0.476. The smallest absolute Gasteiger partial charge is 0.262 e. The number of halogens is 3. The summed E-state index contributed by atoms with van der Waals surface area (Å²) in [4.78, 5) is 11.9. The molecule has 6 heteroatoms. The zero-order chi connectivity index (χ0) is 15.7. The minimum absolute atomic E-state index is 0.293. The van der Waals surface area contributed by atoms with Crippen molar-refractivity contribution in [3.05, 3.63) is 35.6 Å². The van der Waals surface area contributed by atoms with E-state index in [2.05, 4.69) is 10.6 Å². The molecular formula is C15H19F3N2O. The summed E-state index contributed by atoms with van der Waals surface area (Å²) in [7, 11) is 0. The van der Waals surface area contributed by atoms with Gasteiger partial charge in [0.2, 0.25) is 5.91 Å². The molecule has 2 N–H and O–H groups in total. The van der Waals surface area contributed by atoms with E-state index < -0.39 is 36.3 Å². The maximum absolute atomic E-state index is 13.1. The van der Waals surface area contributed by atoms with Gasteiger partial charge in [-0.05, 0) is 17.7 Å². The molecule has 3 nitrogen and oxygen atoms in total. The summed E-state index contributed by atoms with van der Waals surface area (Å²) in [5.74, 6) is -3.58. The molecule has 0 radical (unpaired) electrons. The number of hydrogen-bond acceptors (Lipinski definition) is 2. The molecule has 1 aromatic rings. The molecule has 1 aromatic carbocycles. The van der Waals surface area contributed by atoms with Crippen molar-refractivity contribution in [1.29, 1.82) is 0 Å². The summed E-state index contributed by atoms with van der Waals surface area (Å²) in [5, 5.41) is 5.21. The second kappa shape index (κ2) is 5.67. The highest BCUT2D eigenvalue weighted by Gasteiger charge is 2.42. The molecule has 0 aromatic heterocycles. The first kappa shape index (κ1) is 15.8. The van der Waals surface area contributed by atoms with Crippen LogP contribution in [0.3, 0.4) is 0 Å². The lowest BCUT2D eigenvalue weighted by Gasteiger charge is -2.26. The highest BCUT2D eigenvalue weighted by Crippen LogP contribution is 2.26. The lowest BCUT2D eigenvalue weighted by molar-refractivity contribution is -0.123. The van der Waals surface area contributed by atoms with Gasteiger partial charge in [-0.2, -0.15) is 0 Å². The summed E-state index contributed by atoms with van der Waals surface area (Å²) in [5.41, 5.74) is 0.457. The molecule has 1 unspecified atom stereocenters. The van der Waals surface area contributed by atoms with E-state index in [1.54, 1.807) is 12.1 Å². The predicted octanol–water partition coefficient (Wildman–Crippen LogP) is 2.22. The number of hydrogen-bond donors (Lipinski definition) is 2. The normalized spacial score (nSPS) is 21.3. The average Bonchev–Trinajstić information content (AvgIpc) is 2.77. The Morgan fingerprint density at radius 3 is 2.52 bits per heavy atom. The van der Waals surface area contributed by atoms with Crippen LogP contribution in [0.4, 0.5) is 13.2 Å². The minimum atomic E-state index is -2.82. The second-order valence-electron chi connectivity index (χ2n) is 6.10. The first-order valence-corrected chi connectivity index (χ1v) is 6.85. The van der Waals surface area contributed by atoms with Crippen molar-refractivity contribution in [3.63, 3.8) is 0 Å². The van der Waals surface area contributed by atoms with Crippen LogP contribution in [-0.4, -0.2) is 31.0 Å². The third-order valence-corrected chi connectivity index (χ3v) is 3.76. The van der Waals surface area contributed by atoms with Gasteiger partial charge in [0, 0.05) is 18.4 Å². The van der Waals surface area contributed by atoms with Crippen LogP contribution in [-0.2, 0) is 10.2 Å². The van der Waals surface area contributed by atoms with Gasteiger partial charge in [-0.3, -0.25) is 10.1 Å². The Morgan fingerprint density at radius 1 is 1.38 bits per heavy atom. The van der Waals surface area contributed by atoms with Crippen molar-refractivity contribution in [1.82, 2.24) is 10.6 Å². The van der Waals surface area contributed by atoms with Crippen molar-refractivity contribution in [2.45, 2.75) is 37.6 Å². The van der Waals surface area contributed by atoms with Gasteiger partial charge in [-0.15, -0.1) is 0 Å². The number of carbonyl (C=O) groups is 1. The van der Waals surface area contributed by atoms with Gasteiger partial charge in [0.05, 0.1) is 12.6 Å². The van der Waals surface area contributed by atoms with Crippen molar-refractivity contribution in [2.75, 3.05) is 13.1 Å². The van der Waals surface area contributed by atoms with Crippen LogP contribution >= 0.6 is 0 Å². The highest BCUT2D eigenvalue weighted by atomic mass is 19.3. The Labute approximate surface area is 121 Å². The van der Waals surface area contributed by atoms with Gasteiger partial charge >= 0.3 is 0 Å². The monoisotopic (exact) mass is 300 g/mol. The van der Waals surface area contributed by atoms with Crippen LogP contribution in [0.2, 0.25) is 0 Å². The minimum Gasteiger partial charge on any atom is -0.354 e. The largest absolute Gasteiger partial charge is 0.354 e. The summed E-state index contributed by atoms with van der Waals surface area (Å²) < 4.78 is 39.0. The number of amides is 1. The fourth-order valence-electron chi connectivity index (χ4n) is 2.34. The first-order chi connectivity index (χ1) is 9.70. The van der Waals surface area contributed by atoms with E-state index in [1.807, 2.05) is 13.8 Å². The van der Waals surface area contributed by atoms with Gasteiger partial charge in [0.25, 0.3) is 5.92 Å². The molecular weight excluding hydrogens is 281 g/mol. The van der Waals surface area contributed by atoms with Crippen molar-refractivity contribution >= 4 is 5.91 Å². The molecule has 1 heterocycles. The maximum atomic E-state index is 13.1. The van der Waals surface area contributed by atoms with Crippen molar-refractivity contribution in [2.24, 2.45) is 0 Å². The third-order valence-electron chi connectivity index (χ3n) is 3.76. The fraction of sp³-hybridized carbons (Fsp3) is 0.533. The lowest BCUT2D eigenvalue weighted by Crippen LogP contribution is -2.45. The van der Waals surface area contributed by atoms with E-state index in [9.17, 15) is 18.0 Å². The standard InChI is InChI=1S/C15H19F3N2O/c1-14(2,10-3-5-11(16)6-4-10)8-20-13(21)12-7-15(17,18)9-19-12/h3-6,12,19H,7-9H2,1-2H3,(H,20,21). The molecule has 21 heavy (non-hydrogen) atoms. The Bertz CT molecular complexity index is 514. The van der Waals surface area contributed by atoms with Gasteiger partial charge in [0.1, 0.15) is 5.82 Å². The highest BCUT2D eigenvalue weighted by molar-refractivity contribution is 5.82. The van der Waals surface area contributed by atoms with Crippen LogP contribution in [0.25, 0.3) is 0 Å². The molecule has 1 atom stereocenters. The van der Waals surface area contributed by atoms with E-state index in [1.165, 1.54) is 12.1 Å². The third kappa shape index (κ3) is 3.97. The van der Waals surface area contributed by atoms with Crippen LogP contribution in [0, 0.1) is 5.82 Å². The molecule has 1 saturated heterocycles. The zero-order valence-corrected chi connectivity index (χ0v) is 12.1. The molecule has 1 amide bonds. The summed E-state index contributed by atoms with van der Waals surface area (Å²) in [6, 6.07) is 5.17. The Morgan fingerprint density at radius 2 is 2.00 bits per heavy atom. The Hall–Kier alpha value is -1.56. The quantitative estimate of drug-likeness (QED) is 0.895. The molecule has 1 aliphatic rings. The predicted molar refractivity (Wildman–Crippen MR) is 73.8 cm³/mol. The summed E-state index contributed by atoms with van der Waals surface area (Å²) >= 11 is 0. The van der Waals surface area contributed by atoms with E-state index in [4.69, 9.17) is 0 Å². The van der Waals surface area contributed by atoms with E-state index >= 15 is 0 Å². The first-order valence-electron chi connectivity index (χ1n) is 6.85. The number of nitrogens with one attached hydrogen (secondary N) is 2. The molecule has 0 saturated carbocycles. The average molecular weight is 300 g/mol. The van der Waals surface area contributed by atoms with Crippen LogP contribution in [0.5, 0.6) is 0 Å². The number of rotatable bonds is 4. The molecule has 116 valence electrons. The second-order valence-corrected chi connectivity index (χ2v) is 6.10. The molecule has 0 spiro atoms. The molecule has 1 fully saturated rings. The van der Waals surface area contributed by atoms with E-state index in [0.29, 0.717) is 6.54 Å². The van der Waals surface area contributed by atoms with Crippen LogP contribution < -0.4 is 10.6 Å². The van der Waals surface area contributed by atoms with E-state index in [0.717, 1.165) is 5.56 Å². The van der Waals surface area contributed by atoms with Crippen LogP contribution in [0.15, 0.2) is 24.3 Å². The van der Waals surface area contributed by atoms with Crippen LogP contribution in [0.1, 0.15) is 25.8 Å². The Balaban J connectivity index is 1.92. The number of benzene rings is 1. The number of carbonyl (C=O) groups excluding carboxylic acids is 1. The lowest BCUT2D eigenvalue weighted by atomic mass is 9.84. The van der Waals surface area contributed by atoms with Gasteiger partial charge in [-0.25, -0.2) is 13.2 Å². The SMILES string of the molecule is CC(C)(CNC(=O)C1CC(F)(F)CN1)c1ccc(F)cc1. The topological polar surface area (TPSA) is 41.1 Å². The Kier molecular flexibility index (Phi) is 4.27. The summed E-state index contributed by atoms with van der Waals surface area (Å²) in [6.45, 7) is 3.63. The fourth-order valence-corrected chi connectivity index (χ4v) is 2.34. The number of alkyl halides is 2. The van der Waals surface area contributed by atoms with Crippen molar-refractivity contribution < 1.29 is 18.0 Å². The van der Waals surface area contributed by atoms with Gasteiger partial charge < -0.3 is 5.32 Å². The van der Waals surface area contributed by atoms with Gasteiger partial charge in [0.15, 0.2) is 0 Å².